The van der Waals surface area contributed by atoms with Crippen LogP contribution in [0.3, 0.4) is 0 Å². The van der Waals surface area contributed by atoms with Crippen LogP contribution in [0.2, 0.25) is 0 Å². The summed E-state index contributed by atoms with van der Waals surface area (Å²) in [6.07, 6.45) is 0. The maximum atomic E-state index is 12.3. The van der Waals surface area contributed by atoms with Gasteiger partial charge in [-0.05, 0) is 37.1 Å². The molecule has 1 fully saturated rings. The topological polar surface area (TPSA) is 61.6 Å². The SMILES string of the molecule is CCN1CCN(CC(C)CNC(=O)c2cc(N)ccc2C)CC1. The lowest BCUT2D eigenvalue weighted by molar-refractivity contribution is 0.0933. The van der Waals surface area contributed by atoms with E-state index < -0.39 is 0 Å². The largest absolute Gasteiger partial charge is 0.399 e. The molecule has 1 aromatic carbocycles. The first-order valence-corrected chi connectivity index (χ1v) is 8.58. The molecule has 128 valence electrons. The van der Waals surface area contributed by atoms with Crippen molar-refractivity contribution in [1.82, 2.24) is 15.1 Å². The molecule has 1 heterocycles. The number of benzene rings is 1. The summed E-state index contributed by atoms with van der Waals surface area (Å²) in [7, 11) is 0. The van der Waals surface area contributed by atoms with Gasteiger partial charge < -0.3 is 20.9 Å². The molecule has 3 N–H and O–H groups in total. The van der Waals surface area contributed by atoms with E-state index in [-0.39, 0.29) is 5.91 Å². The summed E-state index contributed by atoms with van der Waals surface area (Å²) in [6.45, 7) is 13.8. The van der Waals surface area contributed by atoms with Gasteiger partial charge in [0, 0.05) is 50.5 Å². The molecule has 5 heteroatoms. The monoisotopic (exact) mass is 318 g/mol. The number of hydrogen-bond donors (Lipinski definition) is 2. The first-order valence-electron chi connectivity index (χ1n) is 8.58. The van der Waals surface area contributed by atoms with E-state index in [1.165, 1.54) is 0 Å². The molecule has 0 radical (unpaired) electrons. The quantitative estimate of drug-likeness (QED) is 0.782. The van der Waals surface area contributed by atoms with Crippen molar-refractivity contribution in [2.75, 3.05) is 51.5 Å². The molecule has 0 aliphatic carbocycles. The fourth-order valence-corrected chi connectivity index (χ4v) is 3.04. The Morgan fingerprint density at radius 3 is 2.57 bits per heavy atom. The van der Waals surface area contributed by atoms with Gasteiger partial charge in [-0.2, -0.15) is 0 Å². The van der Waals surface area contributed by atoms with E-state index in [0.29, 0.717) is 23.7 Å². The molecular weight excluding hydrogens is 288 g/mol. The van der Waals surface area contributed by atoms with Crippen LogP contribution in [0, 0.1) is 12.8 Å². The number of piperazine rings is 1. The van der Waals surface area contributed by atoms with E-state index in [0.717, 1.165) is 44.8 Å². The van der Waals surface area contributed by atoms with Crippen molar-refractivity contribution in [3.8, 4) is 0 Å². The Bertz CT molecular complexity index is 524. The maximum absolute atomic E-state index is 12.3. The van der Waals surface area contributed by atoms with E-state index in [4.69, 9.17) is 5.73 Å². The molecule has 0 spiro atoms. The highest BCUT2D eigenvalue weighted by Gasteiger charge is 2.18. The normalized spacial score (nSPS) is 17.9. The number of amides is 1. The number of aryl methyl sites for hydroxylation is 1. The number of nitrogens with one attached hydrogen (secondary N) is 1. The zero-order valence-corrected chi connectivity index (χ0v) is 14.6. The number of nitrogens with two attached hydrogens (primary N) is 1. The standard InChI is InChI=1S/C18H30N4O/c1-4-21-7-9-22(10-8-21)13-14(2)12-20-18(23)17-11-16(19)6-5-15(17)3/h5-6,11,14H,4,7-10,12-13,19H2,1-3H3,(H,20,23). The molecule has 5 nitrogen and oxygen atoms in total. The molecule has 1 aliphatic heterocycles. The summed E-state index contributed by atoms with van der Waals surface area (Å²) in [4.78, 5) is 17.3. The number of nitrogen functional groups attached to an aromatic ring is 1. The van der Waals surface area contributed by atoms with Crippen molar-refractivity contribution >= 4 is 11.6 Å². The Kier molecular flexibility index (Phi) is 6.42. The first kappa shape index (κ1) is 17.8. The Morgan fingerprint density at radius 2 is 1.91 bits per heavy atom. The molecule has 1 aliphatic rings. The summed E-state index contributed by atoms with van der Waals surface area (Å²) in [6, 6.07) is 5.46. The van der Waals surface area contributed by atoms with E-state index in [2.05, 4.69) is 29.0 Å². The third-order valence-corrected chi connectivity index (χ3v) is 4.60. The minimum atomic E-state index is -0.0301. The minimum Gasteiger partial charge on any atom is -0.399 e. The van der Waals surface area contributed by atoms with E-state index in [9.17, 15) is 4.79 Å². The van der Waals surface area contributed by atoms with E-state index >= 15 is 0 Å². The smallest absolute Gasteiger partial charge is 0.251 e. The molecule has 1 amide bonds. The van der Waals surface area contributed by atoms with Gasteiger partial charge in [-0.3, -0.25) is 4.79 Å². The van der Waals surface area contributed by atoms with Gasteiger partial charge in [0.2, 0.25) is 0 Å². The van der Waals surface area contributed by atoms with E-state index in [1.54, 1.807) is 6.07 Å². The highest BCUT2D eigenvalue weighted by molar-refractivity contribution is 5.96. The van der Waals surface area contributed by atoms with Crippen molar-refractivity contribution in [3.63, 3.8) is 0 Å². The van der Waals surface area contributed by atoms with Crippen LogP contribution < -0.4 is 11.1 Å². The summed E-state index contributed by atoms with van der Waals surface area (Å²) in [5.74, 6) is 0.408. The van der Waals surface area contributed by atoms with Crippen LogP contribution in [0.4, 0.5) is 5.69 Å². The van der Waals surface area contributed by atoms with Gasteiger partial charge in [-0.25, -0.2) is 0 Å². The number of anilines is 1. The Hall–Kier alpha value is -1.59. The number of carbonyl (C=O) groups is 1. The maximum Gasteiger partial charge on any atom is 0.251 e. The average molecular weight is 318 g/mol. The average Bonchev–Trinajstić information content (AvgIpc) is 2.55. The lowest BCUT2D eigenvalue weighted by atomic mass is 10.1. The highest BCUT2D eigenvalue weighted by Crippen LogP contribution is 2.12. The summed E-state index contributed by atoms with van der Waals surface area (Å²) >= 11 is 0. The Morgan fingerprint density at radius 1 is 1.26 bits per heavy atom. The second kappa shape index (κ2) is 8.31. The molecule has 2 rings (SSSR count). The van der Waals surface area contributed by atoms with Gasteiger partial charge in [-0.15, -0.1) is 0 Å². The lowest BCUT2D eigenvalue weighted by Crippen LogP contribution is -2.48. The molecule has 1 atom stereocenters. The van der Waals surface area contributed by atoms with Gasteiger partial charge in [0.15, 0.2) is 0 Å². The fraction of sp³-hybridized carbons (Fsp3) is 0.611. The highest BCUT2D eigenvalue weighted by atomic mass is 16.1. The summed E-state index contributed by atoms with van der Waals surface area (Å²) in [5, 5.41) is 3.04. The minimum absolute atomic E-state index is 0.0301. The number of carbonyl (C=O) groups excluding carboxylic acids is 1. The molecule has 1 saturated heterocycles. The Balaban J connectivity index is 1.77. The number of nitrogens with zero attached hydrogens (tertiary/aromatic N) is 2. The van der Waals surface area contributed by atoms with Crippen LogP contribution in [-0.2, 0) is 0 Å². The predicted molar refractivity (Wildman–Crippen MR) is 95.6 cm³/mol. The molecule has 1 unspecified atom stereocenters. The first-order chi connectivity index (χ1) is 11.0. The summed E-state index contributed by atoms with van der Waals surface area (Å²) in [5.41, 5.74) is 8.04. The fourth-order valence-electron chi connectivity index (χ4n) is 3.04. The van der Waals surface area contributed by atoms with Crippen LogP contribution in [0.5, 0.6) is 0 Å². The van der Waals surface area contributed by atoms with Crippen molar-refractivity contribution in [2.24, 2.45) is 5.92 Å². The second-order valence-corrected chi connectivity index (χ2v) is 6.62. The van der Waals surface area contributed by atoms with Crippen LogP contribution in [0.25, 0.3) is 0 Å². The van der Waals surface area contributed by atoms with Crippen LogP contribution in [0.1, 0.15) is 29.8 Å². The summed E-state index contributed by atoms with van der Waals surface area (Å²) < 4.78 is 0. The third-order valence-electron chi connectivity index (χ3n) is 4.60. The van der Waals surface area contributed by atoms with Crippen molar-refractivity contribution < 1.29 is 4.79 Å². The van der Waals surface area contributed by atoms with Gasteiger partial charge >= 0.3 is 0 Å². The number of likely N-dealkylation sites (N-methyl/N-ethyl adjacent to an activating group) is 1. The zero-order chi connectivity index (χ0) is 16.8. The van der Waals surface area contributed by atoms with Crippen molar-refractivity contribution in [1.29, 1.82) is 0 Å². The predicted octanol–water partition coefficient (Wildman–Crippen LogP) is 1.58. The van der Waals surface area contributed by atoms with Crippen LogP contribution in [0.15, 0.2) is 18.2 Å². The van der Waals surface area contributed by atoms with E-state index in [1.807, 2.05) is 19.1 Å². The van der Waals surface area contributed by atoms with Crippen molar-refractivity contribution in [3.05, 3.63) is 29.3 Å². The third kappa shape index (κ3) is 5.22. The van der Waals surface area contributed by atoms with Gasteiger partial charge in [0.1, 0.15) is 0 Å². The molecule has 0 aromatic heterocycles. The van der Waals surface area contributed by atoms with Crippen molar-refractivity contribution in [2.45, 2.75) is 20.8 Å². The van der Waals surface area contributed by atoms with Crippen LogP contribution in [-0.4, -0.2) is 61.5 Å². The second-order valence-electron chi connectivity index (χ2n) is 6.62. The lowest BCUT2D eigenvalue weighted by Gasteiger charge is -2.35. The van der Waals surface area contributed by atoms with Gasteiger partial charge in [0.25, 0.3) is 5.91 Å². The number of hydrogen-bond acceptors (Lipinski definition) is 4. The van der Waals surface area contributed by atoms with Gasteiger partial charge in [-0.1, -0.05) is 19.9 Å². The molecule has 23 heavy (non-hydrogen) atoms. The molecule has 0 bridgehead atoms. The van der Waals surface area contributed by atoms with Crippen LogP contribution >= 0.6 is 0 Å². The Labute approximate surface area is 139 Å². The molecule has 1 aromatic rings. The molecule has 0 saturated carbocycles. The number of rotatable bonds is 6. The zero-order valence-electron chi connectivity index (χ0n) is 14.6. The van der Waals surface area contributed by atoms with Gasteiger partial charge in [0.05, 0.1) is 0 Å². The molecular formula is C18H30N4O.